The zero-order valence-corrected chi connectivity index (χ0v) is 10.8. The Hall–Kier alpha value is -1.30. The van der Waals surface area contributed by atoms with Crippen molar-refractivity contribution < 1.29 is 9.90 Å². The second-order valence-electron chi connectivity index (χ2n) is 4.84. The Morgan fingerprint density at radius 3 is 2.56 bits per heavy atom. The fourth-order valence-corrected chi connectivity index (χ4v) is 2.34. The SMILES string of the molecule is NC(N)=NCCCC(NC1CCCCC1)C(=O)O. The van der Waals surface area contributed by atoms with Crippen LogP contribution in [0.25, 0.3) is 0 Å². The Balaban J connectivity index is 2.30. The third kappa shape index (κ3) is 5.86. The summed E-state index contributed by atoms with van der Waals surface area (Å²) < 4.78 is 0. The molecule has 1 saturated carbocycles. The molecule has 0 aliphatic heterocycles. The molecule has 0 spiro atoms. The zero-order valence-electron chi connectivity index (χ0n) is 10.8. The number of nitrogens with zero attached hydrogens (tertiary/aromatic N) is 1. The topological polar surface area (TPSA) is 114 Å². The van der Waals surface area contributed by atoms with Crippen LogP contribution >= 0.6 is 0 Å². The number of aliphatic imine (C=N–C) groups is 1. The Bertz CT molecular complexity index is 284. The van der Waals surface area contributed by atoms with Crippen molar-refractivity contribution >= 4 is 11.9 Å². The van der Waals surface area contributed by atoms with Gasteiger partial charge in [0.15, 0.2) is 5.96 Å². The Labute approximate surface area is 108 Å². The predicted molar refractivity (Wildman–Crippen MR) is 71.3 cm³/mol. The van der Waals surface area contributed by atoms with Crippen LogP contribution in [-0.2, 0) is 4.79 Å². The quantitative estimate of drug-likeness (QED) is 0.299. The van der Waals surface area contributed by atoms with Crippen molar-refractivity contribution in [3.8, 4) is 0 Å². The molecule has 1 aliphatic rings. The summed E-state index contributed by atoms with van der Waals surface area (Å²) in [7, 11) is 0. The van der Waals surface area contributed by atoms with Crippen molar-refractivity contribution in [3.63, 3.8) is 0 Å². The van der Waals surface area contributed by atoms with Crippen LogP contribution in [0.1, 0.15) is 44.9 Å². The highest BCUT2D eigenvalue weighted by atomic mass is 16.4. The average Bonchev–Trinajstić information content (AvgIpc) is 2.33. The number of carboxylic acid groups (broad SMARTS) is 1. The van der Waals surface area contributed by atoms with E-state index in [0.717, 1.165) is 12.8 Å². The first-order valence-corrected chi connectivity index (χ1v) is 6.64. The molecular weight excluding hydrogens is 232 g/mol. The largest absolute Gasteiger partial charge is 0.480 e. The predicted octanol–water partition coefficient (Wildman–Crippen LogP) is 0.415. The lowest BCUT2D eigenvalue weighted by Crippen LogP contribution is -2.44. The van der Waals surface area contributed by atoms with Gasteiger partial charge in [0.2, 0.25) is 0 Å². The molecule has 18 heavy (non-hydrogen) atoms. The first-order chi connectivity index (χ1) is 8.59. The van der Waals surface area contributed by atoms with Gasteiger partial charge in [-0.05, 0) is 25.7 Å². The van der Waals surface area contributed by atoms with E-state index < -0.39 is 12.0 Å². The standard InChI is InChI=1S/C12H24N4O2/c13-12(14)15-8-4-7-10(11(17)18)16-9-5-2-1-3-6-9/h9-10,16H,1-8H2,(H,17,18)(H4,13,14,15). The van der Waals surface area contributed by atoms with Gasteiger partial charge in [0, 0.05) is 12.6 Å². The maximum atomic E-state index is 11.2. The fourth-order valence-electron chi connectivity index (χ4n) is 2.34. The minimum Gasteiger partial charge on any atom is -0.480 e. The van der Waals surface area contributed by atoms with Gasteiger partial charge in [-0.3, -0.25) is 9.79 Å². The molecule has 0 bridgehead atoms. The van der Waals surface area contributed by atoms with Crippen LogP contribution in [0.4, 0.5) is 0 Å². The molecule has 0 saturated heterocycles. The number of carboxylic acids is 1. The molecular formula is C12H24N4O2. The number of guanidine groups is 1. The molecule has 0 aromatic rings. The summed E-state index contributed by atoms with van der Waals surface area (Å²) in [4.78, 5) is 15.0. The van der Waals surface area contributed by atoms with E-state index in [0.29, 0.717) is 25.4 Å². The summed E-state index contributed by atoms with van der Waals surface area (Å²) in [6.07, 6.45) is 7.04. The van der Waals surface area contributed by atoms with Crippen LogP contribution < -0.4 is 16.8 Å². The highest BCUT2D eigenvalue weighted by molar-refractivity contribution is 5.75. The van der Waals surface area contributed by atoms with Gasteiger partial charge in [-0.15, -0.1) is 0 Å². The third-order valence-electron chi connectivity index (χ3n) is 3.29. The molecule has 6 nitrogen and oxygen atoms in total. The van der Waals surface area contributed by atoms with Crippen LogP contribution in [-0.4, -0.2) is 35.7 Å². The van der Waals surface area contributed by atoms with Crippen molar-refractivity contribution in [2.24, 2.45) is 16.5 Å². The van der Waals surface area contributed by atoms with E-state index in [1.54, 1.807) is 0 Å². The molecule has 0 aromatic heterocycles. The van der Waals surface area contributed by atoms with E-state index in [-0.39, 0.29) is 5.96 Å². The summed E-state index contributed by atoms with van der Waals surface area (Å²) in [5, 5.41) is 12.4. The van der Waals surface area contributed by atoms with E-state index in [2.05, 4.69) is 10.3 Å². The summed E-state index contributed by atoms with van der Waals surface area (Å²) in [5.74, 6) is -0.729. The fraction of sp³-hybridized carbons (Fsp3) is 0.833. The molecule has 104 valence electrons. The molecule has 1 atom stereocenters. The molecule has 0 amide bonds. The highest BCUT2D eigenvalue weighted by Crippen LogP contribution is 2.18. The lowest BCUT2D eigenvalue weighted by atomic mass is 9.94. The maximum Gasteiger partial charge on any atom is 0.320 e. The normalized spacial score (nSPS) is 18.2. The molecule has 6 N–H and O–H groups in total. The van der Waals surface area contributed by atoms with Gasteiger partial charge in [0.1, 0.15) is 6.04 Å². The van der Waals surface area contributed by atoms with E-state index in [4.69, 9.17) is 16.6 Å². The number of rotatable bonds is 7. The molecule has 0 radical (unpaired) electrons. The molecule has 1 unspecified atom stereocenters. The van der Waals surface area contributed by atoms with Gasteiger partial charge in [-0.25, -0.2) is 0 Å². The number of hydrogen-bond donors (Lipinski definition) is 4. The summed E-state index contributed by atoms with van der Waals surface area (Å²) in [6.45, 7) is 0.485. The average molecular weight is 256 g/mol. The van der Waals surface area contributed by atoms with E-state index in [9.17, 15) is 4.79 Å². The van der Waals surface area contributed by atoms with E-state index >= 15 is 0 Å². The smallest absolute Gasteiger partial charge is 0.320 e. The minimum atomic E-state index is -0.787. The number of nitrogens with two attached hydrogens (primary N) is 2. The Morgan fingerprint density at radius 2 is 2.00 bits per heavy atom. The summed E-state index contributed by atoms with van der Waals surface area (Å²) in [5.41, 5.74) is 10.4. The van der Waals surface area contributed by atoms with Crippen LogP contribution in [0.3, 0.4) is 0 Å². The minimum absolute atomic E-state index is 0.0575. The first kappa shape index (κ1) is 14.8. The van der Waals surface area contributed by atoms with Crippen LogP contribution in [0, 0.1) is 0 Å². The monoisotopic (exact) mass is 256 g/mol. The zero-order chi connectivity index (χ0) is 13.4. The van der Waals surface area contributed by atoms with Gasteiger partial charge in [-0.2, -0.15) is 0 Å². The van der Waals surface area contributed by atoms with Gasteiger partial charge in [-0.1, -0.05) is 19.3 Å². The molecule has 1 aliphatic carbocycles. The highest BCUT2D eigenvalue weighted by Gasteiger charge is 2.22. The number of aliphatic carboxylic acids is 1. The Morgan fingerprint density at radius 1 is 1.33 bits per heavy atom. The molecule has 0 aromatic carbocycles. The van der Waals surface area contributed by atoms with Crippen molar-refractivity contribution in [1.82, 2.24) is 5.32 Å². The summed E-state index contributed by atoms with van der Waals surface area (Å²) >= 11 is 0. The first-order valence-electron chi connectivity index (χ1n) is 6.64. The second-order valence-corrected chi connectivity index (χ2v) is 4.84. The number of hydrogen-bond acceptors (Lipinski definition) is 3. The molecule has 0 heterocycles. The van der Waals surface area contributed by atoms with Crippen LogP contribution in [0.2, 0.25) is 0 Å². The molecule has 1 rings (SSSR count). The molecule has 1 fully saturated rings. The van der Waals surface area contributed by atoms with Gasteiger partial charge < -0.3 is 21.9 Å². The third-order valence-corrected chi connectivity index (χ3v) is 3.29. The maximum absolute atomic E-state index is 11.2. The van der Waals surface area contributed by atoms with Crippen LogP contribution in [0.15, 0.2) is 4.99 Å². The summed E-state index contributed by atoms with van der Waals surface area (Å²) in [6, 6.07) is -0.134. The van der Waals surface area contributed by atoms with Crippen molar-refractivity contribution in [2.45, 2.75) is 57.0 Å². The Kier molecular flexibility index (Phi) is 6.49. The lowest BCUT2D eigenvalue weighted by molar-refractivity contribution is -0.140. The van der Waals surface area contributed by atoms with E-state index in [1.807, 2.05) is 0 Å². The van der Waals surface area contributed by atoms with Crippen molar-refractivity contribution in [3.05, 3.63) is 0 Å². The number of nitrogens with one attached hydrogen (secondary N) is 1. The second kappa shape index (κ2) is 7.92. The molecule has 6 heteroatoms. The van der Waals surface area contributed by atoms with Crippen LogP contribution in [0.5, 0.6) is 0 Å². The van der Waals surface area contributed by atoms with Gasteiger partial charge >= 0.3 is 5.97 Å². The lowest BCUT2D eigenvalue weighted by Gasteiger charge is -2.26. The van der Waals surface area contributed by atoms with Crippen molar-refractivity contribution in [1.29, 1.82) is 0 Å². The van der Waals surface area contributed by atoms with Gasteiger partial charge in [0.25, 0.3) is 0 Å². The van der Waals surface area contributed by atoms with Gasteiger partial charge in [0.05, 0.1) is 0 Å². The van der Waals surface area contributed by atoms with E-state index in [1.165, 1.54) is 19.3 Å². The van der Waals surface area contributed by atoms with Crippen molar-refractivity contribution in [2.75, 3.05) is 6.54 Å². The number of carbonyl (C=O) groups is 1.